The van der Waals surface area contributed by atoms with Gasteiger partial charge < -0.3 is 5.32 Å². The van der Waals surface area contributed by atoms with Crippen molar-refractivity contribution in [3.63, 3.8) is 0 Å². The number of anilines is 1. The molecule has 116 valence electrons. The third kappa shape index (κ3) is 2.26. The van der Waals surface area contributed by atoms with Gasteiger partial charge in [-0.2, -0.15) is 0 Å². The summed E-state index contributed by atoms with van der Waals surface area (Å²) in [6.45, 7) is 0. The van der Waals surface area contributed by atoms with Gasteiger partial charge in [0.15, 0.2) is 0 Å². The fourth-order valence-corrected chi connectivity index (χ4v) is 2.41. The largest absolute Gasteiger partial charge is 0.321 e. The minimum atomic E-state index is -1.04. The Bertz CT molecular complexity index is 844. The monoisotopic (exact) mass is 316 g/mol. The molecule has 0 fully saturated rings. The molecule has 0 bridgehead atoms. The number of benzene rings is 2. The molecule has 3 amide bonds. The van der Waals surface area contributed by atoms with Crippen molar-refractivity contribution in [1.29, 1.82) is 0 Å². The van der Waals surface area contributed by atoms with Gasteiger partial charge in [0, 0.05) is 7.05 Å². The van der Waals surface area contributed by atoms with Crippen molar-refractivity contribution in [3.05, 3.63) is 64.7 Å². The third-order valence-corrected chi connectivity index (χ3v) is 3.56. The summed E-state index contributed by atoms with van der Waals surface area (Å²) in [4.78, 5) is 37.0. The number of imide groups is 1. The van der Waals surface area contributed by atoms with Gasteiger partial charge in [0.25, 0.3) is 17.7 Å². The third-order valence-electron chi connectivity index (χ3n) is 3.56. The average molecular weight is 316 g/mol. The standard InChI is InChI=1S/C16H10F2N2O3/c1-20-15(22)8-4-2-7-11(12(8)16(20)23)19-14(21)13-9(17)5-3-6-10(13)18/h2-7H,1H3,(H,19,21). The van der Waals surface area contributed by atoms with E-state index in [-0.39, 0.29) is 16.8 Å². The molecule has 0 atom stereocenters. The van der Waals surface area contributed by atoms with Gasteiger partial charge in [0.2, 0.25) is 0 Å². The number of rotatable bonds is 2. The Morgan fingerprint density at radius 2 is 1.61 bits per heavy atom. The topological polar surface area (TPSA) is 66.5 Å². The number of hydrogen-bond donors (Lipinski definition) is 1. The highest BCUT2D eigenvalue weighted by Crippen LogP contribution is 2.29. The van der Waals surface area contributed by atoms with Gasteiger partial charge in [0.05, 0.1) is 16.8 Å². The molecule has 0 aliphatic carbocycles. The minimum absolute atomic E-state index is 0.00472. The van der Waals surface area contributed by atoms with E-state index in [1.165, 1.54) is 25.2 Å². The molecule has 1 aliphatic rings. The van der Waals surface area contributed by atoms with Crippen molar-refractivity contribution < 1.29 is 23.2 Å². The average Bonchev–Trinajstić information content (AvgIpc) is 2.73. The van der Waals surface area contributed by atoms with Gasteiger partial charge in [-0.15, -0.1) is 0 Å². The lowest BCUT2D eigenvalue weighted by Gasteiger charge is -2.10. The first-order chi connectivity index (χ1) is 10.9. The van der Waals surface area contributed by atoms with Crippen LogP contribution in [0.1, 0.15) is 31.1 Å². The normalized spacial score (nSPS) is 13.3. The maximum Gasteiger partial charge on any atom is 0.263 e. The van der Waals surface area contributed by atoms with Crippen LogP contribution in [0.25, 0.3) is 0 Å². The molecule has 5 nitrogen and oxygen atoms in total. The van der Waals surface area contributed by atoms with E-state index >= 15 is 0 Å². The van der Waals surface area contributed by atoms with Gasteiger partial charge in [-0.25, -0.2) is 8.78 Å². The summed E-state index contributed by atoms with van der Waals surface area (Å²) in [5.41, 5.74) is -0.595. The van der Waals surface area contributed by atoms with Crippen LogP contribution in [0, 0.1) is 11.6 Å². The van der Waals surface area contributed by atoms with E-state index < -0.39 is 34.9 Å². The predicted octanol–water partition coefficient (Wildman–Crippen LogP) is 2.44. The maximum absolute atomic E-state index is 13.6. The van der Waals surface area contributed by atoms with Gasteiger partial charge in [-0.1, -0.05) is 12.1 Å². The molecule has 0 unspecified atom stereocenters. The molecule has 0 saturated heterocycles. The summed E-state index contributed by atoms with van der Waals surface area (Å²) in [6, 6.07) is 7.35. The molecule has 1 heterocycles. The van der Waals surface area contributed by atoms with Gasteiger partial charge in [-0.3, -0.25) is 19.3 Å². The van der Waals surface area contributed by atoms with Crippen LogP contribution in [0.4, 0.5) is 14.5 Å². The summed E-state index contributed by atoms with van der Waals surface area (Å²) in [5, 5.41) is 2.29. The second-order valence-corrected chi connectivity index (χ2v) is 4.95. The molecule has 23 heavy (non-hydrogen) atoms. The van der Waals surface area contributed by atoms with E-state index in [9.17, 15) is 23.2 Å². The fourth-order valence-electron chi connectivity index (χ4n) is 2.41. The first-order valence-electron chi connectivity index (χ1n) is 6.62. The lowest BCUT2D eigenvalue weighted by Crippen LogP contribution is -2.24. The number of nitrogens with zero attached hydrogens (tertiary/aromatic N) is 1. The molecule has 1 aliphatic heterocycles. The van der Waals surface area contributed by atoms with Crippen molar-refractivity contribution in [2.24, 2.45) is 0 Å². The van der Waals surface area contributed by atoms with Gasteiger partial charge >= 0.3 is 0 Å². The van der Waals surface area contributed by atoms with E-state index in [4.69, 9.17) is 0 Å². The molecular formula is C16H10F2N2O3. The first kappa shape index (κ1) is 14.8. The summed E-state index contributed by atoms with van der Waals surface area (Å²) >= 11 is 0. The van der Waals surface area contributed by atoms with Crippen molar-refractivity contribution in [2.75, 3.05) is 12.4 Å². The Kier molecular flexibility index (Phi) is 3.40. The molecule has 0 spiro atoms. The Morgan fingerprint density at radius 1 is 1.00 bits per heavy atom. The SMILES string of the molecule is CN1C(=O)c2cccc(NC(=O)c3c(F)cccc3F)c2C1=O. The zero-order valence-corrected chi connectivity index (χ0v) is 11.9. The number of amides is 3. The van der Waals surface area contributed by atoms with Crippen molar-refractivity contribution in [1.82, 2.24) is 4.90 Å². The van der Waals surface area contributed by atoms with Crippen LogP contribution in [0.5, 0.6) is 0 Å². The van der Waals surface area contributed by atoms with Crippen molar-refractivity contribution >= 4 is 23.4 Å². The lowest BCUT2D eigenvalue weighted by molar-refractivity contribution is 0.0693. The Hall–Kier alpha value is -3.09. The van der Waals surface area contributed by atoms with Crippen LogP contribution < -0.4 is 5.32 Å². The molecule has 2 aromatic rings. The minimum Gasteiger partial charge on any atom is -0.321 e. The quantitative estimate of drug-likeness (QED) is 0.865. The zero-order valence-electron chi connectivity index (χ0n) is 11.9. The van der Waals surface area contributed by atoms with E-state index in [1.54, 1.807) is 0 Å². The summed E-state index contributed by atoms with van der Waals surface area (Å²) in [6.07, 6.45) is 0. The van der Waals surface area contributed by atoms with Crippen molar-refractivity contribution in [2.45, 2.75) is 0 Å². The molecule has 0 aromatic heterocycles. The van der Waals surface area contributed by atoms with E-state index in [0.717, 1.165) is 23.1 Å². The second kappa shape index (κ2) is 5.28. The number of carbonyl (C=O) groups is 3. The summed E-state index contributed by atoms with van der Waals surface area (Å²) < 4.78 is 27.3. The number of nitrogens with one attached hydrogen (secondary N) is 1. The highest BCUT2D eigenvalue weighted by molar-refractivity contribution is 6.24. The molecule has 0 saturated carbocycles. The van der Waals surface area contributed by atoms with Crippen molar-refractivity contribution in [3.8, 4) is 0 Å². The highest BCUT2D eigenvalue weighted by atomic mass is 19.1. The van der Waals surface area contributed by atoms with Crippen LogP contribution in [-0.2, 0) is 0 Å². The molecule has 1 N–H and O–H groups in total. The predicted molar refractivity (Wildman–Crippen MR) is 77.2 cm³/mol. The van der Waals surface area contributed by atoms with E-state index in [2.05, 4.69) is 5.32 Å². The van der Waals surface area contributed by atoms with Crippen LogP contribution in [0.2, 0.25) is 0 Å². The van der Waals surface area contributed by atoms with Crippen LogP contribution in [0.3, 0.4) is 0 Å². The fraction of sp³-hybridized carbons (Fsp3) is 0.0625. The Morgan fingerprint density at radius 3 is 2.26 bits per heavy atom. The van der Waals surface area contributed by atoms with E-state index in [0.29, 0.717) is 0 Å². The molecular weight excluding hydrogens is 306 g/mol. The number of hydrogen-bond acceptors (Lipinski definition) is 3. The molecule has 2 aromatic carbocycles. The van der Waals surface area contributed by atoms with Crippen LogP contribution in [-0.4, -0.2) is 29.7 Å². The number of carbonyl (C=O) groups excluding carboxylic acids is 3. The summed E-state index contributed by atoms with van der Waals surface area (Å²) in [7, 11) is 1.31. The summed E-state index contributed by atoms with van der Waals surface area (Å²) in [5.74, 6) is -4.17. The second-order valence-electron chi connectivity index (χ2n) is 4.95. The van der Waals surface area contributed by atoms with Gasteiger partial charge in [-0.05, 0) is 24.3 Å². The lowest BCUT2D eigenvalue weighted by atomic mass is 10.1. The Balaban J connectivity index is 2.02. The smallest absolute Gasteiger partial charge is 0.263 e. The maximum atomic E-state index is 13.6. The Labute approximate surface area is 129 Å². The van der Waals surface area contributed by atoms with Gasteiger partial charge in [0.1, 0.15) is 17.2 Å². The number of fused-ring (bicyclic) bond motifs is 1. The van der Waals surface area contributed by atoms with Crippen LogP contribution >= 0.6 is 0 Å². The zero-order chi connectivity index (χ0) is 16.7. The molecule has 0 radical (unpaired) electrons. The molecule has 7 heteroatoms. The van der Waals surface area contributed by atoms with E-state index in [1.807, 2.05) is 0 Å². The highest BCUT2D eigenvalue weighted by Gasteiger charge is 2.35. The first-order valence-corrected chi connectivity index (χ1v) is 6.62. The number of halogens is 2. The molecule has 3 rings (SSSR count). The van der Waals surface area contributed by atoms with Crippen LogP contribution in [0.15, 0.2) is 36.4 Å².